The van der Waals surface area contributed by atoms with Gasteiger partial charge >= 0.3 is 0 Å². The van der Waals surface area contributed by atoms with Gasteiger partial charge in [0.1, 0.15) is 0 Å². The monoisotopic (exact) mass is 250 g/mol. The first-order valence-electron chi connectivity index (χ1n) is 5.46. The van der Waals surface area contributed by atoms with E-state index in [9.17, 15) is 0 Å². The standard InChI is InChI=1S/C12H15ClN4/c1-14-12(11-4-6-17(2)16-11)7-9-3-5-15-8-10(9)13/h3-6,8,12,14H,7H2,1-2H3. The van der Waals surface area contributed by atoms with Crippen molar-refractivity contribution in [1.82, 2.24) is 20.1 Å². The van der Waals surface area contributed by atoms with E-state index in [2.05, 4.69) is 15.4 Å². The number of hydrogen-bond acceptors (Lipinski definition) is 3. The molecule has 0 saturated carbocycles. The van der Waals surface area contributed by atoms with Crippen molar-refractivity contribution in [3.63, 3.8) is 0 Å². The Morgan fingerprint density at radius 3 is 2.88 bits per heavy atom. The van der Waals surface area contributed by atoms with E-state index >= 15 is 0 Å². The van der Waals surface area contributed by atoms with E-state index in [0.717, 1.165) is 17.7 Å². The number of hydrogen-bond donors (Lipinski definition) is 1. The lowest BCUT2D eigenvalue weighted by atomic mass is 10.0. The molecular weight excluding hydrogens is 236 g/mol. The van der Waals surface area contributed by atoms with Crippen LogP contribution in [-0.4, -0.2) is 21.8 Å². The Morgan fingerprint density at radius 1 is 1.47 bits per heavy atom. The van der Waals surface area contributed by atoms with Crippen LogP contribution in [0.5, 0.6) is 0 Å². The van der Waals surface area contributed by atoms with Crippen LogP contribution in [0.15, 0.2) is 30.7 Å². The molecule has 0 aromatic carbocycles. The van der Waals surface area contributed by atoms with Crippen molar-refractivity contribution in [2.45, 2.75) is 12.5 Å². The Bertz CT molecular complexity index is 495. The molecule has 90 valence electrons. The molecule has 4 nitrogen and oxygen atoms in total. The molecule has 1 unspecified atom stereocenters. The second-order valence-electron chi connectivity index (χ2n) is 3.93. The first-order chi connectivity index (χ1) is 8.20. The van der Waals surface area contributed by atoms with E-state index in [4.69, 9.17) is 11.6 Å². The molecule has 2 aromatic heterocycles. The van der Waals surface area contributed by atoms with Gasteiger partial charge in [0.15, 0.2) is 0 Å². The smallest absolute Gasteiger partial charge is 0.0797 e. The van der Waals surface area contributed by atoms with E-state index in [1.54, 1.807) is 17.1 Å². The van der Waals surface area contributed by atoms with Gasteiger partial charge in [0.25, 0.3) is 0 Å². The fourth-order valence-corrected chi connectivity index (χ4v) is 1.96. The van der Waals surface area contributed by atoms with Crippen LogP contribution in [0.4, 0.5) is 0 Å². The largest absolute Gasteiger partial charge is 0.311 e. The van der Waals surface area contributed by atoms with Gasteiger partial charge in [-0.2, -0.15) is 5.10 Å². The third-order valence-electron chi connectivity index (χ3n) is 2.72. The summed E-state index contributed by atoms with van der Waals surface area (Å²) < 4.78 is 1.80. The van der Waals surface area contributed by atoms with Gasteiger partial charge in [-0.15, -0.1) is 0 Å². The average molecular weight is 251 g/mol. The number of pyridine rings is 1. The summed E-state index contributed by atoms with van der Waals surface area (Å²) in [6.45, 7) is 0. The van der Waals surface area contributed by atoms with E-state index in [0.29, 0.717) is 5.02 Å². The Morgan fingerprint density at radius 2 is 2.29 bits per heavy atom. The van der Waals surface area contributed by atoms with Gasteiger partial charge < -0.3 is 5.32 Å². The van der Waals surface area contributed by atoms with Crippen molar-refractivity contribution in [3.8, 4) is 0 Å². The van der Waals surface area contributed by atoms with E-state index in [-0.39, 0.29) is 6.04 Å². The van der Waals surface area contributed by atoms with Crippen LogP contribution < -0.4 is 5.32 Å². The van der Waals surface area contributed by atoms with Crippen LogP contribution in [0.3, 0.4) is 0 Å². The van der Waals surface area contributed by atoms with Crippen molar-refractivity contribution < 1.29 is 0 Å². The van der Waals surface area contributed by atoms with Gasteiger partial charge in [0.05, 0.1) is 16.8 Å². The molecule has 0 aliphatic heterocycles. The molecular formula is C12H15ClN4. The maximum absolute atomic E-state index is 6.10. The maximum Gasteiger partial charge on any atom is 0.0797 e. The van der Waals surface area contributed by atoms with Crippen LogP contribution in [-0.2, 0) is 13.5 Å². The number of aryl methyl sites for hydroxylation is 1. The van der Waals surface area contributed by atoms with Gasteiger partial charge in [-0.05, 0) is 31.2 Å². The summed E-state index contributed by atoms with van der Waals surface area (Å²) in [6.07, 6.45) is 6.16. The molecule has 1 N–H and O–H groups in total. The first-order valence-corrected chi connectivity index (χ1v) is 5.83. The number of aromatic nitrogens is 3. The molecule has 0 aliphatic rings. The average Bonchev–Trinajstić information content (AvgIpc) is 2.75. The minimum atomic E-state index is 0.163. The fourth-order valence-electron chi connectivity index (χ4n) is 1.76. The summed E-state index contributed by atoms with van der Waals surface area (Å²) in [6, 6.07) is 4.11. The fraction of sp³-hybridized carbons (Fsp3) is 0.333. The summed E-state index contributed by atoms with van der Waals surface area (Å²) in [5.74, 6) is 0. The summed E-state index contributed by atoms with van der Waals surface area (Å²) in [5.41, 5.74) is 2.09. The van der Waals surface area contributed by atoms with Gasteiger partial charge in [-0.25, -0.2) is 0 Å². The van der Waals surface area contributed by atoms with Crippen molar-refractivity contribution in [1.29, 1.82) is 0 Å². The number of rotatable bonds is 4. The lowest BCUT2D eigenvalue weighted by molar-refractivity contribution is 0.563. The second-order valence-corrected chi connectivity index (χ2v) is 4.33. The Kier molecular flexibility index (Phi) is 3.76. The SMILES string of the molecule is CNC(Cc1ccncc1Cl)c1ccn(C)n1. The van der Waals surface area contributed by atoms with E-state index < -0.39 is 0 Å². The number of likely N-dealkylation sites (N-methyl/N-ethyl adjacent to an activating group) is 1. The van der Waals surface area contributed by atoms with Crippen molar-refractivity contribution in [2.24, 2.45) is 7.05 Å². The topological polar surface area (TPSA) is 42.7 Å². The number of nitrogens with one attached hydrogen (secondary N) is 1. The van der Waals surface area contributed by atoms with Gasteiger partial charge in [-0.3, -0.25) is 9.67 Å². The number of halogens is 1. The molecule has 2 heterocycles. The zero-order valence-corrected chi connectivity index (χ0v) is 10.6. The highest BCUT2D eigenvalue weighted by Crippen LogP contribution is 2.21. The van der Waals surface area contributed by atoms with Crippen LogP contribution >= 0.6 is 11.6 Å². The quantitative estimate of drug-likeness (QED) is 0.902. The minimum absolute atomic E-state index is 0.163. The second kappa shape index (κ2) is 5.29. The molecule has 17 heavy (non-hydrogen) atoms. The zero-order chi connectivity index (χ0) is 12.3. The van der Waals surface area contributed by atoms with Crippen molar-refractivity contribution >= 4 is 11.6 Å². The van der Waals surface area contributed by atoms with Gasteiger partial charge in [-0.1, -0.05) is 11.6 Å². The minimum Gasteiger partial charge on any atom is -0.311 e. The number of nitrogens with zero attached hydrogens (tertiary/aromatic N) is 3. The molecule has 0 amide bonds. The summed E-state index contributed by atoms with van der Waals surface area (Å²) in [4.78, 5) is 3.98. The molecule has 2 rings (SSSR count). The molecule has 5 heteroatoms. The summed E-state index contributed by atoms with van der Waals surface area (Å²) in [7, 11) is 3.84. The molecule has 2 aromatic rings. The normalized spacial score (nSPS) is 12.6. The van der Waals surface area contributed by atoms with Crippen molar-refractivity contribution in [3.05, 3.63) is 47.0 Å². The highest BCUT2D eigenvalue weighted by Gasteiger charge is 2.14. The summed E-state index contributed by atoms with van der Waals surface area (Å²) in [5, 5.41) is 8.35. The molecule has 0 saturated heterocycles. The van der Waals surface area contributed by atoms with Crippen LogP contribution in [0, 0.1) is 0 Å². The molecule has 0 radical (unpaired) electrons. The molecule has 0 aliphatic carbocycles. The highest BCUT2D eigenvalue weighted by atomic mass is 35.5. The van der Waals surface area contributed by atoms with Crippen molar-refractivity contribution in [2.75, 3.05) is 7.05 Å². The van der Waals surface area contributed by atoms with E-state index in [1.807, 2.05) is 32.4 Å². The van der Waals surface area contributed by atoms with Gasteiger partial charge in [0, 0.05) is 25.6 Å². The van der Waals surface area contributed by atoms with Gasteiger partial charge in [0.2, 0.25) is 0 Å². The van der Waals surface area contributed by atoms with E-state index in [1.165, 1.54) is 0 Å². The third kappa shape index (κ3) is 2.84. The Hall–Kier alpha value is -1.39. The van der Waals surface area contributed by atoms with Crippen LogP contribution in [0.1, 0.15) is 17.3 Å². The molecule has 0 fully saturated rings. The molecule has 0 spiro atoms. The van der Waals surface area contributed by atoms with Crippen LogP contribution in [0.25, 0.3) is 0 Å². The highest BCUT2D eigenvalue weighted by molar-refractivity contribution is 6.31. The summed E-state index contributed by atoms with van der Waals surface area (Å²) >= 11 is 6.10. The van der Waals surface area contributed by atoms with Crippen LogP contribution in [0.2, 0.25) is 5.02 Å². The first kappa shape index (κ1) is 12.1. The Labute approximate surface area is 106 Å². The maximum atomic E-state index is 6.10. The Balaban J connectivity index is 2.18. The molecule has 1 atom stereocenters. The predicted molar refractivity (Wildman–Crippen MR) is 68.0 cm³/mol. The predicted octanol–water partition coefficient (Wildman–Crippen LogP) is 1.97. The molecule has 0 bridgehead atoms. The lowest BCUT2D eigenvalue weighted by Gasteiger charge is -2.14. The lowest BCUT2D eigenvalue weighted by Crippen LogP contribution is -2.19. The third-order valence-corrected chi connectivity index (χ3v) is 3.06. The zero-order valence-electron chi connectivity index (χ0n) is 9.89.